The van der Waals surface area contributed by atoms with E-state index in [1.165, 1.54) is 24.0 Å². The molecule has 1 fully saturated rings. The van der Waals surface area contributed by atoms with E-state index >= 15 is 0 Å². The fraction of sp³-hybridized carbons (Fsp3) is 0.556. The average Bonchev–Trinajstić information content (AvgIpc) is 2.54. The van der Waals surface area contributed by atoms with Gasteiger partial charge in [-0.05, 0) is 42.4 Å². The molecule has 0 saturated carbocycles. The summed E-state index contributed by atoms with van der Waals surface area (Å²) < 4.78 is 0. The standard InChI is InChI=1S/C18H23NO3S/c20-17(19-7-8-23-12-16(19)11-18(21)22)10-13-5-6-14-3-1-2-4-15(14)9-13/h5-6,9,16H,1-4,7-8,10-12H2,(H,21,22). The normalized spacial score (nSPS) is 20.9. The molecule has 3 rings (SSSR count). The first-order valence-electron chi connectivity index (χ1n) is 8.33. The molecule has 5 heteroatoms. The van der Waals surface area contributed by atoms with E-state index in [-0.39, 0.29) is 18.4 Å². The van der Waals surface area contributed by atoms with E-state index in [9.17, 15) is 9.59 Å². The maximum absolute atomic E-state index is 12.7. The van der Waals surface area contributed by atoms with Gasteiger partial charge in [-0.3, -0.25) is 9.59 Å². The molecule has 1 unspecified atom stereocenters. The molecule has 1 saturated heterocycles. The van der Waals surface area contributed by atoms with Gasteiger partial charge in [0, 0.05) is 18.1 Å². The van der Waals surface area contributed by atoms with Crippen molar-refractivity contribution in [2.24, 2.45) is 0 Å². The van der Waals surface area contributed by atoms with Crippen LogP contribution in [0.15, 0.2) is 18.2 Å². The number of hydrogen-bond donors (Lipinski definition) is 1. The molecule has 0 spiro atoms. The second-order valence-corrected chi connectivity index (χ2v) is 7.55. The Kier molecular flexibility index (Phi) is 5.26. The predicted octanol–water partition coefficient (Wildman–Crippen LogP) is 2.53. The van der Waals surface area contributed by atoms with Crippen molar-refractivity contribution in [3.05, 3.63) is 34.9 Å². The van der Waals surface area contributed by atoms with Gasteiger partial charge in [-0.2, -0.15) is 11.8 Å². The second-order valence-electron chi connectivity index (χ2n) is 6.40. The second kappa shape index (κ2) is 7.39. The third-order valence-electron chi connectivity index (χ3n) is 4.73. The molecule has 0 aromatic heterocycles. The fourth-order valence-electron chi connectivity index (χ4n) is 3.53. The number of carboxylic acid groups (broad SMARTS) is 1. The lowest BCUT2D eigenvalue weighted by atomic mass is 9.90. The first kappa shape index (κ1) is 16.4. The lowest BCUT2D eigenvalue weighted by Gasteiger charge is -2.34. The van der Waals surface area contributed by atoms with E-state index in [1.807, 2.05) is 0 Å². The van der Waals surface area contributed by atoms with Crippen molar-refractivity contribution < 1.29 is 14.7 Å². The van der Waals surface area contributed by atoms with Crippen molar-refractivity contribution in [2.75, 3.05) is 18.1 Å². The van der Waals surface area contributed by atoms with Crippen molar-refractivity contribution in [2.45, 2.75) is 44.6 Å². The average molecular weight is 333 g/mol. The van der Waals surface area contributed by atoms with Gasteiger partial charge in [0.1, 0.15) is 0 Å². The number of carboxylic acids is 1. The van der Waals surface area contributed by atoms with Crippen molar-refractivity contribution in [1.82, 2.24) is 4.90 Å². The lowest BCUT2D eigenvalue weighted by molar-refractivity contribution is -0.140. The molecule has 1 atom stereocenters. The number of aryl methyl sites for hydroxylation is 2. The van der Waals surface area contributed by atoms with Crippen LogP contribution in [0.2, 0.25) is 0 Å². The van der Waals surface area contributed by atoms with Crippen molar-refractivity contribution in [1.29, 1.82) is 0 Å². The maximum atomic E-state index is 12.7. The minimum atomic E-state index is -0.830. The minimum Gasteiger partial charge on any atom is -0.481 e. The summed E-state index contributed by atoms with van der Waals surface area (Å²) in [4.78, 5) is 25.4. The van der Waals surface area contributed by atoms with Crippen LogP contribution in [0.4, 0.5) is 0 Å². The van der Waals surface area contributed by atoms with Gasteiger partial charge >= 0.3 is 5.97 Å². The number of rotatable bonds is 4. The first-order chi connectivity index (χ1) is 11.1. The number of hydrogen-bond acceptors (Lipinski definition) is 3. The zero-order valence-electron chi connectivity index (χ0n) is 13.3. The van der Waals surface area contributed by atoms with Crippen LogP contribution >= 0.6 is 11.8 Å². The van der Waals surface area contributed by atoms with Gasteiger partial charge in [0.15, 0.2) is 0 Å². The number of fused-ring (bicyclic) bond motifs is 1. The van der Waals surface area contributed by atoms with E-state index in [0.29, 0.717) is 13.0 Å². The fourth-order valence-corrected chi connectivity index (χ4v) is 4.59. The molecular weight excluding hydrogens is 310 g/mol. The summed E-state index contributed by atoms with van der Waals surface area (Å²) in [6.45, 7) is 0.659. The number of carbonyl (C=O) groups excluding carboxylic acids is 1. The summed E-state index contributed by atoms with van der Waals surface area (Å²) in [6, 6.07) is 6.23. The molecular formula is C18H23NO3S. The smallest absolute Gasteiger partial charge is 0.305 e. The monoisotopic (exact) mass is 333 g/mol. The molecule has 1 aliphatic heterocycles. The van der Waals surface area contributed by atoms with Crippen molar-refractivity contribution in [3.63, 3.8) is 0 Å². The molecule has 4 nitrogen and oxygen atoms in total. The first-order valence-corrected chi connectivity index (χ1v) is 9.48. The predicted molar refractivity (Wildman–Crippen MR) is 91.9 cm³/mol. The molecule has 1 aromatic rings. The molecule has 124 valence electrons. The molecule has 1 heterocycles. The third kappa shape index (κ3) is 4.08. The van der Waals surface area contributed by atoms with Gasteiger partial charge in [-0.25, -0.2) is 0 Å². The van der Waals surface area contributed by atoms with Crippen LogP contribution in [0, 0.1) is 0 Å². The molecule has 1 amide bonds. The van der Waals surface area contributed by atoms with Crippen LogP contribution in [-0.4, -0.2) is 46.0 Å². The Morgan fingerprint density at radius 3 is 2.78 bits per heavy atom. The summed E-state index contributed by atoms with van der Waals surface area (Å²) in [5.74, 6) is 0.852. The Hall–Kier alpha value is -1.49. The highest BCUT2D eigenvalue weighted by Crippen LogP contribution is 2.24. The topological polar surface area (TPSA) is 57.6 Å². The van der Waals surface area contributed by atoms with Crippen LogP contribution in [0.3, 0.4) is 0 Å². The van der Waals surface area contributed by atoms with Gasteiger partial charge in [-0.1, -0.05) is 18.2 Å². The quantitative estimate of drug-likeness (QED) is 0.920. The molecule has 2 aliphatic rings. The highest BCUT2D eigenvalue weighted by atomic mass is 32.2. The van der Waals surface area contributed by atoms with Gasteiger partial charge in [0.25, 0.3) is 0 Å². The molecule has 1 N–H and O–H groups in total. The number of benzene rings is 1. The van der Waals surface area contributed by atoms with Crippen LogP contribution in [0.1, 0.15) is 36.0 Å². The largest absolute Gasteiger partial charge is 0.481 e. The number of carbonyl (C=O) groups is 2. The van der Waals surface area contributed by atoms with Crippen LogP contribution in [-0.2, 0) is 28.9 Å². The molecule has 0 radical (unpaired) electrons. The Morgan fingerprint density at radius 1 is 1.22 bits per heavy atom. The van der Waals surface area contributed by atoms with Crippen LogP contribution in [0.5, 0.6) is 0 Å². The van der Waals surface area contributed by atoms with E-state index < -0.39 is 5.97 Å². The molecule has 1 aromatic carbocycles. The van der Waals surface area contributed by atoms with Gasteiger partial charge in [0.05, 0.1) is 18.9 Å². The van der Waals surface area contributed by atoms with Gasteiger partial charge in [0.2, 0.25) is 5.91 Å². The number of amides is 1. The van der Waals surface area contributed by atoms with Crippen LogP contribution < -0.4 is 0 Å². The Morgan fingerprint density at radius 2 is 2.00 bits per heavy atom. The van der Waals surface area contributed by atoms with E-state index in [0.717, 1.165) is 29.9 Å². The third-order valence-corrected chi connectivity index (χ3v) is 5.82. The molecule has 0 bridgehead atoms. The minimum absolute atomic E-state index is 0.0446. The molecule has 23 heavy (non-hydrogen) atoms. The van der Waals surface area contributed by atoms with E-state index in [4.69, 9.17) is 5.11 Å². The highest BCUT2D eigenvalue weighted by Gasteiger charge is 2.28. The van der Waals surface area contributed by atoms with Crippen molar-refractivity contribution in [3.8, 4) is 0 Å². The van der Waals surface area contributed by atoms with Gasteiger partial charge in [-0.15, -0.1) is 0 Å². The maximum Gasteiger partial charge on any atom is 0.305 e. The number of aliphatic carboxylic acids is 1. The Bertz CT molecular complexity index is 602. The summed E-state index contributed by atoms with van der Waals surface area (Å²) in [7, 11) is 0. The lowest BCUT2D eigenvalue weighted by Crippen LogP contribution is -2.47. The van der Waals surface area contributed by atoms with E-state index in [2.05, 4.69) is 18.2 Å². The summed E-state index contributed by atoms with van der Waals surface area (Å²) in [5, 5.41) is 9.04. The summed E-state index contributed by atoms with van der Waals surface area (Å²) in [6.07, 6.45) is 5.17. The SMILES string of the molecule is O=C(O)CC1CSCCN1C(=O)Cc1ccc2c(c1)CCCC2. The summed E-state index contributed by atoms with van der Waals surface area (Å²) in [5.41, 5.74) is 3.87. The van der Waals surface area contributed by atoms with E-state index in [1.54, 1.807) is 16.7 Å². The highest BCUT2D eigenvalue weighted by molar-refractivity contribution is 7.99. The van der Waals surface area contributed by atoms with Gasteiger partial charge < -0.3 is 10.0 Å². The Balaban J connectivity index is 1.68. The number of thioether (sulfide) groups is 1. The summed E-state index contributed by atoms with van der Waals surface area (Å²) >= 11 is 1.73. The van der Waals surface area contributed by atoms with Crippen LogP contribution in [0.25, 0.3) is 0 Å². The molecule has 1 aliphatic carbocycles. The Labute approximate surface area is 141 Å². The van der Waals surface area contributed by atoms with Crippen molar-refractivity contribution >= 4 is 23.6 Å². The number of nitrogens with zero attached hydrogens (tertiary/aromatic N) is 1. The zero-order chi connectivity index (χ0) is 16.2. The zero-order valence-corrected chi connectivity index (χ0v) is 14.1.